The molecule has 1 heterocycles. The second-order valence-electron chi connectivity index (χ2n) is 10.8. The molecule has 184 valence electrons. The fourth-order valence-corrected chi connectivity index (χ4v) is 4.07. The molecule has 1 aromatic carbocycles. The van der Waals surface area contributed by atoms with Crippen molar-refractivity contribution in [1.82, 2.24) is 10.2 Å². The van der Waals surface area contributed by atoms with E-state index in [0.717, 1.165) is 11.1 Å². The number of carbonyl (C=O) groups is 1. The predicted octanol–water partition coefficient (Wildman–Crippen LogP) is 6.35. The van der Waals surface area contributed by atoms with Crippen molar-refractivity contribution in [3.8, 4) is 0 Å². The molecule has 1 aliphatic heterocycles. The summed E-state index contributed by atoms with van der Waals surface area (Å²) in [4.78, 5) is 19.5. The van der Waals surface area contributed by atoms with Crippen LogP contribution in [0.1, 0.15) is 65.3 Å². The summed E-state index contributed by atoms with van der Waals surface area (Å²) in [6.45, 7) is 15.7. The highest BCUT2D eigenvalue weighted by Crippen LogP contribution is 2.39. The zero-order chi connectivity index (χ0) is 25.3. The molecule has 0 bridgehead atoms. The molecule has 0 spiro atoms. The van der Waals surface area contributed by atoms with Crippen LogP contribution in [0.25, 0.3) is 6.08 Å². The number of allylic oxidation sites excluding steroid dienone is 3. The molecule has 0 saturated heterocycles. The van der Waals surface area contributed by atoms with E-state index in [-0.39, 0.29) is 12.2 Å². The number of halogens is 2. The Morgan fingerprint density at radius 1 is 1.32 bits per heavy atom. The number of hydrogen-bond acceptors (Lipinski definition) is 4. The first-order valence-corrected chi connectivity index (χ1v) is 11.5. The number of ether oxygens (including phenoxy) is 1. The minimum atomic E-state index is -1.05. The van der Waals surface area contributed by atoms with Crippen molar-refractivity contribution in [2.24, 2.45) is 10.4 Å². The van der Waals surface area contributed by atoms with E-state index >= 15 is 0 Å². The van der Waals surface area contributed by atoms with E-state index in [9.17, 15) is 13.6 Å². The number of rotatable bonds is 6. The molecule has 0 radical (unpaired) electrons. The first-order chi connectivity index (χ1) is 15.8. The van der Waals surface area contributed by atoms with Gasteiger partial charge < -0.3 is 15.0 Å². The average Bonchev–Trinajstić information content (AvgIpc) is 2.69. The molecule has 1 aliphatic carbocycles. The Kier molecular flexibility index (Phi) is 7.34. The van der Waals surface area contributed by atoms with Gasteiger partial charge in [-0.2, -0.15) is 0 Å². The summed E-state index contributed by atoms with van der Waals surface area (Å²) in [5.41, 5.74) is 1.30. The van der Waals surface area contributed by atoms with Crippen LogP contribution in [-0.2, 0) is 4.74 Å². The Bertz CT molecular complexity index is 1030. The van der Waals surface area contributed by atoms with Gasteiger partial charge in [0, 0.05) is 18.5 Å². The molecule has 3 rings (SSSR count). The molecule has 3 unspecified atom stereocenters. The number of amides is 1. The molecule has 7 heteroatoms. The third kappa shape index (κ3) is 6.13. The molecule has 1 N–H and O–H groups in total. The van der Waals surface area contributed by atoms with Gasteiger partial charge in [0.05, 0.1) is 6.04 Å². The van der Waals surface area contributed by atoms with E-state index in [1.165, 1.54) is 18.2 Å². The lowest BCUT2D eigenvalue weighted by atomic mass is 9.83. The van der Waals surface area contributed by atoms with Crippen molar-refractivity contribution < 1.29 is 18.3 Å². The summed E-state index contributed by atoms with van der Waals surface area (Å²) in [7, 11) is 0. The van der Waals surface area contributed by atoms with E-state index in [2.05, 4.69) is 11.9 Å². The largest absolute Gasteiger partial charge is 0.444 e. The minimum Gasteiger partial charge on any atom is -0.444 e. The zero-order valence-electron chi connectivity index (χ0n) is 20.9. The SMILES string of the molecule is C=Cc1ccc(F)cc1C1N=C(C(NC(=O)OC(C)(C)C)C(C)(C)C)N1CC1=CC=CC(F)C1. The molecular formula is C27H35F2N3O2. The Morgan fingerprint density at radius 2 is 2.03 bits per heavy atom. The second-order valence-corrected chi connectivity index (χ2v) is 10.8. The minimum absolute atomic E-state index is 0.282. The molecule has 0 aromatic heterocycles. The van der Waals surface area contributed by atoms with Crippen molar-refractivity contribution in [1.29, 1.82) is 0 Å². The number of amidine groups is 1. The number of alkyl carbamates (subject to hydrolysis) is 1. The van der Waals surface area contributed by atoms with Crippen molar-refractivity contribution in [3.05, 3.63) is 65.5 Å². The summed E-state index contributed by atoms with van der Waals surface area (Å²) in [6, 6.07) is 4.04. The number of benzene rings is 1. The van der Waals surface area contributed by atoms with Crippen LogP contribution in [0, 0.1) is 11.2 Å². The maximum absolute atomic E-state index is 14.2. The molecule has 2 aliphatic rings. The smallest absolute Gasteiger partial charge is 0.408 e. The van der Waals surface area contributed by atoms with Gasteiger partial charge in [0.25, 0.3) is 0 Å². The van der Waals surface area contributed by atoms with Gasteiger partial charge in [0.2, 0.25) is 0 Å². The number of alkyl halides is 1. The number of hydrogen-bond donors (Lipinski definition) is 1. The van der Waals surface area contributed by atoms with E-state index < -0.39 is 35.5 Å². The second kappa shape index (κ2) is 9.72. The summed E-state index contributed by atoms with van der Waals surface area (Å²) in [6.07, 6.45) is 5.02. The van der Waals surface area contributed by atoms with E-state index in [1.807, 2.05) is 31.7 Å². The van der Waals surface area contributed by atoms with Crippen LogP contribution < -0.4 is 5.32 Å². The molecule has 1 aromatic rings. The van der Waals surface area contributed by atoms with Gasteiger partial charge >= 0.3 is 6.09 Å². The topological polar surface area (TPSA) is 53.9 Å². The normalized spacial score (nSPS) is 21.2. The average molecular weight is 472 g/mol. The van der Waals surface area contributed by atoms with Crippen molar-refractivity contribution in [2.75, 3.05) is 6.54 Å². The van der Waals surface area contributed by atoms with Crippen LogP contribution >= 0.6 is 0 Å². The standard InChI is InChI=1S/C27H35F2N3O2/c1-8-18-12-13-20(29)15-21(18)23-31-24(32(23)16-17-10-9-11-19(28)14-17)22(26(2,3)4)30-25(33)34-27(5,6)7/h8-13,15,19,22-23H,1,14,16H2,2-7H3,(H,30,33). The first kappa shape index (κ1) is 25.7. The quantitative estimate of drug-likeness (QED) is 0.526. The van der Waals surface area contributed by atoms with Crippen LogP contribution in [0.4, 0.5) is 13.6 Å². The van der Waals surface area contributed by atoms with E-state index in [1.54, 1.807) is 39.0 Å². The van der Waals surface area contributed by atoms with Gasteiger partial charge in [-0.15, -0.1) is 0 Å². The van der Waals surface area contributed by atoms with Crippen molar-refractivity contribution in [3.63, 3.8) is 0 Å². The van der Waals surface area contributed by atoms with E-state index in [4.69, 9.17) is 9.73 Å². The highest BCUT2D eigenvalue weighted by Gasteiger charge is 2.43. The number of aliphatic imine (C=N–C) groups is 1. The maximum Gasteiger partial charge on any atom is 0.408 e. The van der Waals surface area contributed by atoms with Crippen LogP contribution in [0.5, 0.6) is 0 Å². The van der Waals surface area contributed by atoms with E-state index in [0.29, 0.717) is 17.9 Å². The van der Waals surface area contributed by atoms with Crippen LogP contribution in [0.2, 0.25) is 0 Å². The Hall–Kier alpha value is -2.96. The molecule has 0 saturated carbocycles. The highest BCUT2D eigenvalue weighted by molar-refractivity contribution is 5.95. The van der Waals surface area contributed by atoms with Gasteiger partial charge in [-0.1, -0.05) is 57.7 Å². The van der Waals surface area contributed by atoms with Crippen molar-refractivity contribution in [2.45, 2.75) is 71.9 Å². The lowest BCUT2D eigenvalue weighted by Gasteiger charge is -2.47. The lowest BCUT2D eigenvalue weighted by molar-refractivity contribution is 0.0481. The predicted molar refractivity (Wildman–Crippen MR) is 133 cm³/mol. The van der Waals surface area contributed by atoms with Crippen molar-refractivity contribution >= 4 is 18.0 Å². The molecule has 0 fully saturated rings. The van der Waals surface area contributed by atoms with Gasteiger partial charge in [-0.05, 0) is 49.5 Å². The Labute approximate surface area is 201 Å². The monoisotopic (exact) mass is 471 g/mol. The first-order valence-electron chi connectivity index (χ1n) is 11.5. The Morgan fingerprint density at radius 3 is 2.62 bits per heavy atom. The highest BCUT2D eigenvalue weighted by atomic mass is 19.1. The molecule has 5 nitrogen and oxygen atoms in total. The maximum atomic E-state index is 14.2. The Balaban J connectivity index is 1.99. The molecule has 3 atom stereocenters. The summed E-state index contributed by atoms with van der Waals surface area (Å²) in [5, 5.41) is 2.97. The van der Waals surface area contributed by atoms with Gasteiger partial charge in [0.1, 0.15) is 23.4 Å². The summed E-state index contributed by atoms with van der Waals surface area (Å²) < 4.78 is 33.7. The summed E-state index contributed by atoms with van der Waals surface area (Å²) >= 11 is 0. The van der Waals surface area contributed by atoms with Gasteiger partial charge in [0.15, 0.2) is 6.17 Å². The van der Waals surface area contributed by atoms with Crippen LogP contribution in [0.3, 0.4) is 0 Å². The number of nitrogens with one attached hydrogen (secondary N) is 1. The van der Waals surface area contributed by atoms with Gasteiger partial charge in [-0.25, -0.2) is 18.6 Å². The van der Waals surface area contributed by atoms with Gasteiger partial charge in [-0.3, -0.25) is 0 Å². The van der Waals surface area contributed by atoms with Crippen LogP contribution in [-0.4, -0.2) is 41.2 Å². The third-order valence-electron chi connectivity index (χ3n) is 5.66. The zero-order valence-corrected chi connectivity index (χ0v) is 20.9. The number of nitrogens with zero attached hydrogens (tertiary/aromatic N) is 2. The lowest BCUT2D eigenvalue weighted by Crippen LogP contribution is -2.60. The summed E-state index contributed by atoms with van der Waals surface area (Å²) in [5.74, 6) is 0.278. The fourth-order valence-electron chi connectivity index (χ4n) is 4.07. The molecular weight excluding hydrogens is 436 g/mol. The fraction of sp³-hybridized carbons (Fsp3) is 0.481. The molecule has 1 amide bonds. The third-order valence-corrected chi connectivity index (χ3v) is 5.66. The molecule has 34 heavy (non-hydrogen) atoms. The number of carbonyl (C=O) groups excluding carboxylic acids is 1. The van der Waals surface area contributed by atoms with Crippen LogP contribution in [0.15, 0.2) is 53.6 Å².